The molecule has 114 valence electrons. The molecule has 6 heteroatoms. The SMILES string of the molecule is COc1cc(Cl)c(C)cc1N(CC(=O)NC1CC1)C(C)=O. The fraction of sp³-hybridized carbons (Fsp3) is 0.467. The molecule has 1 N–H and O–H groups in total. The molecule has 0 unspecified atom stereocenters. The van der Waals surface area contributed by atoms with Crippen LogP contribution in [-0.4, -0.2) is 31.5 Å². The summed E-state index contributed by atoms with van der Waals surface area (Å²) in [5, 5.41) is 3.43. The Morgan fingerprint density at radius 1 is 1.43 bits per heavy atom. The van der Waals surface area contributed by atoms with Crippen LogP contribution in [-0.2, 0) is 9.59 Å². The average Bonchev–Trinajstić information content (AvgIpc) is 3.22. The third kappa shape index (κ3) is 3.88. The summed E-state index contributed by atoms with van der Waals surface area (Å²) in [6.07, 6.45) is 2.02. The third-order valence-electron chi connectivity index (χ3n) is 3.38. The normalized spacial score (nSPS) is 13.7. The fourth-order valence-corrected chi connectivity index (χ4v) is 2.19. The maximum absolute atomic E-state index is 12.0. The van der Waals surface area contributed by atoms with Gasteiger partial charge in [-0.2, -0.15) is 0 Å². The Morgan fingerprint density at radius 3 is 2.62 bits per heavy atom. The predicted molar refractivity (Wildman–Crippen MR) is 81.9 cm³/mol. The molecule has 0 bridgehead atoms. The molecule has 1 saturated carbocycles. The van der Waals surface area contributed by atoms with Gasteiger partial charge < -0.3 is 10.1 Å². The number of halogens is 1. The number of aryl methyl sites for hydroxylation is 1. The van der Waals surface area contributed by atoms with Crippen LogP contribution in [0.15, 0.2) is 12.1 Å². The molecule has 0 saturated heterocycles. The summed E-state index contributed by atoms with van der Waals surface area (Å²) in [5.74, 6) is 0.0864. The number of carbonyl (C=O) groups excluding carboxylic acids is 2. The molecule has 0 aromatic heterocycles. The van der Waals surface area contributed by atoms with E-state index in [0.717, 1.165) is 18.4 Å². The van der Waals surface area contributed by atoms with Gasteiger partial charge in [0.25, 0.3) is 0 Å². The van der Waals surface area contributed by atoms with E-state index >= 15 is 0 Å². The van der Waals surface area contributed by atoms with E-state index in [1.165, 1.54) is 18.9 Å². The zero-order chi connectivity index (χ0) is 15.6. The van der Waals surface area contributed by atoms with E-state index in [-0.39, 0.29) is 24.4 Å². The lowest BCUT2D eigenvalue weighted by Crippen LogP contribution is -2.40. The number of benzene rings is 1. The standard InChI is InChI=1S/C15H19ClN2O3/c1-9-6-13(14(21-3)7-12(9)16)18(10(2)19)8-15(20)17-11-4-5-11/h6-7,11H,4-5,8H2,1-3H3,(H,17,20). The van der Waals surface area contributed by atoms with Crippen molar-refractivity contribution in [2.45, 2.75) is 32.7 Å². The third-order valence-corrected chi connectivity index (χ3v) is 3.78. The van der Waals surface area contributed by atoms with E-state index in [2.05, 4.69) is 5.32 Å². The summed E-state index contributed by atoms with van der Waals surface area (Å²) in [6.45, 7) is 3.24. The van der Waals surface area contributed by atoms with E-state index in [9.17, 15) is 9.59 Å². The lowest BCUT2D eigenvalue weighted by atomic mass is 10.2. The smallest absolute Gasteiger partial charge is 0.240 e. The van der Waals surface area contributed by atoms with Gasteiger partial charge in [0.05, 0.1) is 12.8 Å². The molecule has 1 fully saturated rings. The van der Waals surface area contributed by atoms with Crippen molar-refractivity contribution in [3.63, 3.8) is 0 Å². The quantitative estimate of drug-likeness (QED) is 0.908. The molecule has 2 amide bonds. The number of rotatable bonds is 5. The van der Waals surface area contributed by atoms with Crippen molar-refractivity contribution < 1.29 is 14.3 Å². The van der Waals surface area contributed by atoms with E-state index in [1.54, 1.807) is 12.1 Å². The van der Waals surface area contributed by atoms with Crippen molar-refractivity contribution in [2.24, 2.45) is 0 Å². The highest BCUT2D eigenvalue weighted by molar-refractivity contribution is 6.31. The molecule has 0 radical (unpaired) electrons. The second-order valence-corrected chi connectivity index (χ2v) is 5.63. The molecule has 0 atom stereocenters. The fourth-order valence-electron chi connectivity index (χ4n) is 2.03. The number of nitrogens with one attached hydrogen (secondary N) is 1. The van der Waals surface area contributed by atoms with Crippen molar-refractivity contribution in [1.29, 1.82) is 0 Å². The minimum absolute atomic E-state index is 0.0245. The number of hydrogen-bond donors (Lipinski definition) is 1. The first-order valence-electron chi connectivity index (χ1n) is 6.84. The molecule has 21 heavy (non-hydrogen) atoms. The summed E-state index contributed by atoms with van der Waals surface area (Å²) in [4.78, 5) is 25.3. The van der Waals surface area contributed by atoms with E-state index in [0.29, 0.717) is 16.5 Å². The summed E-state index contributed by atoms with van der Waals surface area (Å²) < 4.78 is 5.28. The van der Waals surface area contributed by atoms with E-state index in [4.69, 9.17) is 16.3 Å². The van der Waals surface area contributed by atoms with Gasteiger partial charge in [-0.3, -0.25) is 14.5 Å². The Bertz CT molecular complexity index is 570. The van der Waals surface area contributed by atoms with Gasteiger partial charge in [0.15, 0.2) is 0 Å². The number of ether oxygens (including phenoxy) is 1. The molecule has 1 aromatic rings. The molecule has 1 aliphatic rings. The Labute approximate surface area is 129 Å². The number of carbonyl (C=O) groups is 2. The number of nitrogens with zero attached hydrogens (tertiary/aromatic N) is 1. The Balaban J connectivity index is 2.26. The van der Waals surface area contributed by atoms with E-state index in [1.807, 2.05) is 6.92 Å². The number of hydrogen-bond acceptors (Lipinski definition) is 3. The maximum atomic E-state index is 12.0. The van der Waals surface area contributed by atoms with Gasteiger partial charge >= 0.3 is 0 Å². The molecule has 1 aliphatic carbocycles. The molecule has 5 nitrogen and oxygen atoms in total. The van der Waals surface area contributed by atoms with Crippen LogP contribution in [0.1, 0.15) is 25.3 Å². The van der Waals surface area contributed by atoms with Crippen molar-refractivity contribution in [2.75, 3.05) is 18.6 Å². The first-order chi connectivity index (χ1) is 9.92. The number of anilines is 1. The van der Waals surface area contributed by atoms with Crippen molar-refractivity contribution >= 4 is 29.1 Å². The summed E-state index contributed by atoms with van der Waals surface area (Å²) in [6, 6.07) is 3.67. The number of methoxy groups -OCH3 is 1. The van der Waals surface area contributed by atoms with Crippen molar-refractivity contribution in [1.82, 2.24) is 5.32 Å². The lowest BCUT2D eigenvalue weighted by molar-refractivity contribution is -0.123. The van der Waals surface area contributed by atoms with Crippen LogP contribution in [0.2, 0.25) is 5.02 Å². The molecular weight excluding hydrogens is 292 g/mol. The van der Waals surface area contributed by atoms with Crippen molar-refractivity contribution in [3.05, 3.63) is 22.7 Å². The highest BCUT2D eigenvalue weighted by Crippen LogP contribution is 2.34. The first-order valence-corrected chi connectivity index (χ1v) is 7.21. The topological polar surface area (TPSA) is 58.6 Å². The maximum Gasteiger partial charge on any atom is 0.240 e. The van der Waals surface area contributed by atoms with Gasteiger partial charge in [0, 0.05) is 24.1 Å². The number of amides is 2. The predicted octanol–water partition coefficient (Wildman–Crippen LogP) is 2.29. The van der Waals surface area contributed by atoms with Gasteiger partial charge in [-0.15, -0.1) is 0 Å². The van der Waals surface area contributed by atoms with Crippen LogP contribution >= 0.6 is 11.6 Å². The summed E-state index contributed by atoms with van der Waals surface area (Å²) >= 11 is 6.07. The van der Waals surface area contributed by atoms with Crippen LogP contribution < -0.4 is 15.0 Å². The van der Waals surface area contributed by atoms with Crippen LogP contribution in [0.4, 0.5) is 5.69 Å². The zero-order valence-corrected chi connectivity index (χ0v) is 13.2. The lowest BCUT2D eigenvalue weighted by Gasteiger charge is -2.23. The van der Waals surface area contributed by atoms with Crippen LogP contribution in [0.3, 0.4) is 0 Å². The van der Waals surface area contributed by atoms with Gasteiger partial charge in [0.1, 0.15) is 12.3 Å². The van der Waals surface area contributed by atoms with Crippen molar-refractivity contribution in [3.8, 4) is 5.75 Å². The van der Waals surface area contributed by atoms with Crippen LogP contribution in [0.5, 0.6) is 5.75 Å². The molecule has 0 aliphatic heterocycles. The molecule has 1 aromatic carbocycles. The minimum atomic E-state index is -0.221. The molecular formula is C15H19ClN2O3. The second-order valence-electron chi connectivity index (χ2n) is 5.22. The first kappa shape index (κ1) is 15.6. The van der Waals surface area contributed by atoms with Gasteiger partial charge in [-0.25, -0.2) is 0 Å². The Morgan fingerprint density at radius 2 is 2.10 bits per heavy atom. The minimum Gasteiger partial charge on any atom is -0.495 e. The van der Waals surface area contributed by atoms with Gasteiger partial charge in [-0.05, 0) is 31.4 Å². The van der Waals surface area contributed by atoms with Gasteiger partial charge in [0.2, 0.25) is 11.8 Å². The van der Waals surface area contributed by atoms with Gasteiger partial charge in [-0.1, -0.05) is 11.6 Å². The highest BCUT2D eigenvalue weighted by atomic mass is 35.5. The summed E-state index contributed by atoms with van der Waals surface area (Å²) in [5.41, 5.74) is 1.37. The molecule has 2 rings (SSSR count). The molecule has 0 heterocycles. The van der Waals surface area contributed by atoms with Crippen LogP contribution in [0.25, 0.3) is 0 Å². The average molecular weight is 311 g/mol. The molecule has 0 spiro atoms. The Hall–Kier alpha value is -1.75. The highest BCUT2D eigenvalue weighted by Gasteiger charge is 2.26. The Kier molecular flexibility index (Phi) is 4.73. The summed E-state index contributed by atoms with van der Waals surface area (Å²) in [7, 11) is 1.51. The van der Waals surface area contributed by atoms with Crippen LogP contribution in [0, 0.1) is 6.92 Å². The largest absolute Gasteiger partial charge is 0.495 e. The van der Waals surface area contributed by atoms with E-state index < -0.39 is 0 Å². The monoisotopic (exact) mass is 310 g/mol. The second kappa shape index (κ2) is 6.35. The zero-order valence-electron chi connectivity index (χ0n) is 12.4.